The first kappa shape index (κ1) is 11.1. The number of pyridine rings is 1. The molecule has 0 aliphatic heterocycles. The highest BCUT2D eigenvalue weighted by Gasteiger charge is 2.08. The molecule has 0 fully saturated rings. The van der Waals surface area contributed by atoms with Gasteiger partial charge in [-0.3, -0.25) is 14.4 Å². The fourth-order valence-corrected chi connectivity index (χ4v) is 2.06. The third-order valence-corrected chi connectivity index (χ3v) is 2.94. The maximum atomic E-state index is 6.09. The van der Waals surface area contributed by atoms with Crippen molar-refractivity contribution in [2.45, 2.75) is 12.8 Å². The van der Waals surface area contributed by atoms with Crippen LogP contribution in [0, 0.1) is 0 Å². The minimum absolute atomic E-state index is 0.522. The molecule has 0 aromatic carbocycles. The summed E-state index contributed by atoms with van der Waals surface area (Å²) in [5, 5.41) is 8.69. The lowest BCUT2D eigenvalue weighted by Crippen LogP contribution is -2.00. The first-order chi connectivity index (χ1) is 8.84. The molecular formula is C12H10ClN5. The molecule has 5 nitrogen and oxygen atoms in total. The van der Waals surface area contributed by atoms with Gasteiger partial charge in [0.05, 0.1) is 12.4 Å². The van der Waals surface area contributed by atoms with Crippen molar-refractivity contribution < 1.29 is 0 Å². The Labute approximate surface area is 108 Å². The van der Waals surface area contributed by atoms with Crippen LogP contribution in [0.4, 0.5) is 0 Å². The number of rotatable bonds is 3. The van der Waals surface area contributed by atoms with Gasteiger partial charge in [-0.05, 0) is 18.6 Å². The smallest absolute Gasteiger partial charge is 0.180 e. The summed E-state index contributed by atoms with van der Waals surface area (Å²) in [5.41, 5.74) is 1.69. The first-order valence-corrected chi connectivity index (χ1v) is 5.96. The Kier molecular flexibility index (Phi) is 2.90. The highest BCUT2D eigenvalue weighted by Crippen LogP contribution is 2.13. The molecule has 0 bridgehead atoms. The van der Waals surface area contributed by atoms with Crippen molar-refractivity contribution in [3.05, 3.63) is 53.5 Å². The van der Waals surface area contributed by atoms with Gasteiger partial charge in [0.2, 0.25) is 0 Å². The number of fused-ring (bicyclic) bond motifs is 1. The van der Waals surface area contributed by atoms with E-state index in [9.17, 15) is 0 Å². The Bertz CT molecular complexity index is 665. The zero-order valence-corrected chi connectivity index (χ0v) is 10.2. The molecule has 0 amide bonds. The van der Waals surface area contributed by atoms with E-state index in [2.05, 4.69) is 20.2 Å². The van der Waals surface area contributed by atoms with Crippen LogP contribution in [-0.2, 0) is 12.8 Å². The van der Waals surface area contributed by atoms with E-state index in [1.54, 1.807) is 23.0 Å². The van der Waals surface area contributed by atoms with Crippen LogP contribution in [0.25, 0.3) is 5.65 Å². The predicted molar refractivity (Wildman–Crippen MR) is 67.4 cm³/mol. The number of hydrogen-bond donors (Lipinski definition) is 0. The largest absolute Gasteiger partial charge is 0.266 e. The van der Waals surface area contributed by atoms with Gasteiger partial charge in [0.15, 0.2) is 5.65 Å². The Balaban J connectivity index is 1.87. The van der Waals surface area contributed by atoms with E-state index in [1.165, 1.54) is 0 Å². The van der Waals surface area contributed by atoms with Crippen molar-refractivity contribution in [3.8, 4) is 0 Å². The van der Waals surface area contributed by atoms with E-state index in [1.807, 2.05) is 18.2 Å². The van der Waals surface area contributed by atoms with Gasteiger partial charge in [0.25, 0.3) is 0 Å². The number of nitrogens with zero attached hydrogens (tertiary/aromatic N) is 5. The molecule has 3 aromatic heterocycles. The van der Waals surface area contributed by atoms with E-state index in [0.29, 0.717) is 10.8 Å². The first-order valence-electron chi connectivity index (χ1n) is 5.58. The molecule has 0 aliphatic carbocycles. The van der Waals surface area contributed by atoms with Gasteiger partial charge >= 0.3 is 0 Å². The van der Waals surface area contributed by atoms with Crippen LogP contribution in [0.3, 0.4) is 0 Å². The SMILES string of the molecule is Clc1cncc2nnc(CCc3ccccn3)n12. The van der Waals surface area contributed by atoms with Crippen LogP contribution in [0.2, 0.25) is 5.15 Å². The standard InChI is InChI=1S/C12H10ClN5/c13-10-7-14-8-12-17-16-11(18(10)12)5-4-9-3-1-2-6-15-9/h1-3,6-8H,4-5H2. The fraction of sp³-hybridized carbons (Fsp3) is 0.167. The highest BCUT2D eigenvalue weighted by molar-refractivity contribution is 6.29. The van der Waals surface area contributed by atoms with Crippen molar-refractivity contribution in [1.29, 1.82) is 0 Å². The quantitative estimate of drug-likeness (QED) is 0.722. The lowest BCUT2D eigenvalue weighted by molar-refractivity contribution is 0.819. The van der Waals surface area contributed by atoms with Crippen LogP contribution in [-0.4, -0.2) is 24.6 Å². The van der Waals surface area contributed by atoms with Crippen LogP contribution in [0.1, 0.15) is 11.5 Å². The lowest BCUT2D eigenvalue weighted by atomic mass is 10.2. The van der Waals surface area contributed by atoms with Crippen molar-refractivity contribution in [2.24, 2.45) is 0 Å². The molecule has 3 rings (SSSR count). The van der Waals surface area contributed by atoms with Gasteiger partial charge in [-0.1, -0.05) is 17.7 Å². The Morgan fingerprint density at radius 3 is 2.89 bits per heavy atom. The fourth-order valence-electron chi connectivity index (χ4n) is 1.82. The predicted octanol–water partition coefficient (Wildman–Crippen LogP) is 1.96. The van der Waals surface area contributed by atoms with E-state index >= 15 is 0 Å². The normalized spacial score (nSPS) is 10.9. The van der Waals surface area contributed by atoms with Gasteiger partial charge in [-0.25, -0.2) is 0 Å². The highest BCUT2D eigenvalue weighted by atomic mass is 35.5. The number of hydrogen-bond acceptors (Lipinski definition) is 4. The van der Waals surface area contributed by atoms with Crippen LogP contribution >= 0.6 is 11.6 Å². The molecule has 90 valence electrons. The summed E-state index contributed by atoms with van der Waals surface area (Å²) in [6.45, 7) is 0. The van der Waals surface area contributed by atoms with E-state index in [-0.39, 0.29) is 0 Å². The summed E-state index contributed by atoms with van der Waals surface area (Å²) >= 11 is 6.09. The van der Waals surface area contributed by atoms with Gasteiger partial charge in [0, 0.05) is 18.3 Å². The topological polar surface area (TPSA) is 56.0 Å². The molecule has 0 atom stereocenters. The Morgan fingerprint density at radius 2 is 2.06 bits per heavy atom. The average molecular weight is 260 g/mol. The molecule has 0 N–H and O–H groups in total. The molecule has 0 spiro atoms. The number of aromatic nitrogens is 5. The molecule has 6 heteroatoms. The van der Waals surface area contributed by atoms with Crippen molar-refractivity contribution in [3.63, 3.8) is 0 Å². The molecule has 3 heterocycles. The minimum Gasteiger partial charge on any atom is -0.266 e. The van der Waals surface area contributed by atoms with Crippen molar-refractivity contribution in [2.75, 3.05) is 0 Å². The third kappa shape index (κ3) is 2.04. The molecule has 18 heavy (non-hydrogen) atoms. The van der Waals surface area contributed by atoms with Gasteiger partial charge < -0.3 is 0 Å². The third-order valence-electron chi connectivity index (χ3n) is 2.67. The van der Waals surface area contributed by atoms with Gasteiger partial charge in [-0.2, -0.15) is 0 Å². The molecule has 0 aliphatic rings. The van der Waals surface area contributed by atoms with Crippen LogP contribution in [0.15, 0.2) is 36.8 Å². The number of aryl methyl sites for hydroxylation is 2. The molecule has 0 radical (unpaired) electrons. The second-order valence-corrected chi connectivity index (χ2v) is 4.25. The molecule has 0 saturated heterocycles. The molecule has 0 unspecified atom stereocenters. The minimum atomic E-state index is 0.522. The van der Waals surface area contributed by atoms with Crippen molar-refractivity contribution in [1.82, 2.24) is 24.6 Å². The molecule has 0 saturated carbocycles. The maximum Gasteiger partial charge on any atom is 0.180 e. The Hall–Kier alpha value is -2.01. The lowest BCUT2D eigenvalue weighted by Gasteiger charge is -2.01. The number of halogens is 1. The van der Waals surface area contributed by atoms with Crippen molar-refractivity contribution >= 4 is 17.2 Å². The second kappa shape index (κ2) is 4.70. The Morgan fingerprint density at radius 1 is 1.11 bits per heavy atom. The summed E-state index contributed by atoms with van der Waals surface area (Å²) < 4.78 is 1.80. The maximum absolute atomic E-state index is 6.09. The van der Waals surface area contributed by atoms with Gasteiger partial charge in [0.1, 0.15) is 11.0 Å². The monoisotopic (exact) mass is 259 g/mol. The summed E-state index contributed by atoms with van der Waals surface area (Å²) in [5.74, 6) is 0.822. The summed E-state index contributed by atoms with van der Waals surface area (Å²) in [6.07, 6.45) is 6.56. The van der Waals surface area contributed by atoms with Gasteiger partial charge in [-0.15, -0.1) is 10.2 Å². The van der Waals surface area contributed by atoms with E-state index in [0.717, 1.165) is 24.4 Å². The second-order valence-electron chi connectivity index (χ2n) is 3.86. The molecule has 3 aromatic rings. The van der Waals surface area contributed by atoms with Crippen LogP contribution in [0.5, 0.6) is 0 Å². The van der Waals surface area contributed by atoms with E-state index < -0.39 is 0 Å². The zero-order chi connectivity index (χ0) is 12.4. The summed E-state index contributed by atoms with van der Waals surface area (Å²) in [4.78, 5) is 8.25. The van der Waals surface area contributed by atoms with Crippen LogP contribution < -0.4 is 0 Å². The molecular weight excluding hydrogens is 250 g/mol. The average Bonchev–Trinajstić information content (AvgIpc) is 2.82. The zero-order valence-electron chi connectivity index (χ0n) is 9.49. The summed E-state index contributed by atoms with van der Waals surface area (Å²) in [7, 11) is 0. The van der Waals surface area contributed by atoms with E-state index in [4.69, 9.17) is 11.6 Å². The summed E-state index contributed by atoms with van der Waals surface area (Å²) in [6, 6.07) is 5.87.